The van der Waals surface area contributed by atoms with E-state index in [2.05, 4.69) is 68.0 Å². The van der Waals surface area contributed by atoms with Crippen LogP contribution in [-0.4, -0.2) is 16.6 Å². The molecule has 0 aliphatic heterocycles. The number of hydrogen-bond donors (Lipinski definition) is 2. The van der Waals surface area contributed by atoms with Crippen molar-refractivity contribution >= 4 is 11.8 Å². The highest BCUT2D eigenvalue weighted by Crippen LogP contribution is 2.42. The summed E-state index contributed by atoms with van der Waals surface area (Å²) in [5, 5.41) is 0. The summed E-state index contributed by atoms with van der Waals surface area (Å²) in [5.41, 5.74) is 16.1. The molecule has 1 saturated carbocycles. The molecule has 0 radical (unpaired) electrons. The first-order valence-electron chi connectivity index (χ1n) is 11.3. The monoisotopic (exact) mass is 432 g/mol. The van der Waals surface area contributed by atoms with Gasteiger partial charge >= 0.3 is 0 Å². The van der Waals surface area contributed by atoms with Crippen LogP contribution in [0.1, 0.15) is 63.5 Å². The van der Waals surface area contributed by atoms with Crippen LogP contribution in [-0.2, 0) is 0 Å². The Bertz CT molecular complexity index is 1090. The Labute approximate surface area is 190 Å². The highest BCUT2D eigenvalue weighted by molar-refractivity contribution is 5.74. The first-order valence-corrected chi connectivity index (χ1v) is 11.3. The number of aromatic nitrogens is 2. The summed E-state index contributed by atoms with van der Waals surface area (Å²) in [6, 6.07) is 12.8. The fraction of sp³-hybridized carbons (Fsp3) is 0.385. The van der Waals surface area contributed by atoms with E-state index >= 15 is 0 Å². The van der Waals surface area contributed by atoms with E-state index in [0.717, 1.165) is 29.0 Å². The second-order valence-corrected chi connectivity index (χ2v) is 9.15. The van der Waals surface area contributed by atoms with Crippen LogP contribution < -0.4 is 20.9 Å². The van der Waals surface area contributed by atoms with Gasteiger partial charge in [0.25, 0.3) is 0 Å². The maximum atomic E-state index is 6.31. The number of ether oxygens (including phenoxy) is 2. The van der Waals surface area contributed by atoms with Crippen molar-refractivity contribution in [2.24, 2.45) is 5.92 Å². The van der Waals surface area contributed by atoms with Gasteiger partial charge in [-0.15, -0.1) is 0 Å². The maximum absolute atomic E-state index is 6.31. The van der Waals surface area contributed by atoms with Crippen molar-refractivity contribution in [3.63, 3.8) is 0 Å². The summed E-state index contributed by atoms with van der Waals surface area (Å²) in [7, 11) is 0. The fourth-order valence-electron chi connectivity index (χ4n) is 3.60. The second kappa shape index (κ2) is 9.07. The Balaban J connectivity index is 1.78. The molecule has 4 N–H and O–H groups in total. The van der Waals surface area contributed by atoms with E-state index in [4.69, 9.17) is 20.9 Å². The Kier molecular flexibility index (Phi) is 6.21. The molecule has 32 heavy (non-hydrogen) atoms. The Morgan fingerprint density at radius 1 is 0.938 bits per heavy atom. The third-order valence-electron chi connectivity index (χ3n) is 5.82. The molecule has 1 aromatic heterocycles. The van der Waals surface area contributed by atoms with Crippen molar-refractivity contribution in [2.45, 2.75) is 52.4 Å². The molecule has 1 aliphatic carbocycles. The molecule has 1 aliphatic rings. The van der Waals surface area contributed by atoms with Gasteiger partial charge in [0.1, 0.15) is 11.5 Å². The molecule has 0 spiro atoms. The van der Waals surface area contributed by atoms with Gasteiger partial charge in [0.05, 0.1) is 12.8 Å². The molecule has 0 atom stereocenters. The van der Waals surface area contributed by atoms with Gasteiger partial charge in [0.15, 0.2) is 11.6 Å². The summed E-state index contributed by atoms with van der Waals surface area (Å²) in [6.07, 6.45) is 4.00. The fourth-order valence-corrected chi connectivity index (χ4v) is 3.60. The Morgan fingerprint density at radius 3 is 2.25 bits per heavy atom. The van der Waals surface area contributed by atoms with Crippen molar-refractivity contribution in [1.82, 2.24) is 9.97 Å². The van der Waals surface area contributed by atoms with E-state index in [9.17, 15) is 0 Å². The SMILES string of the molecule is CC(C)c1ccc(-c2cc(Oc3cnc(N)nc3N)c(C(C)C)cc2OCC2CC2)cc1. The molecule has 1 heterocycles. The minimum atomic E-state index is 0.119. The Morgan fingerprint density at radius 2 is 1.66 bits per heavy atom. The van der Waals surface area contributed by atoms with Crippen molar-refractivity contribution in [3.8, 4) is 28.4 Å². The molecule has 2 aromatic carbocycles. The molecule has 0 bridgehead atoms. The lowest BCUT2D eigenvalue weighted by molar-refractivity contribution is 0.300. The number of hydrogen-bond acceptors (Lipinski definition) is 6. The van der Waals surface area contributed by atoms with Crippen LogP contribution >= 0.6 is 0 Å². The predicted molar refractivity (Wildman–Crippen MR) is 129 cm³/mol. The van der Waals surface area contributed by atoms with E-state index in [1.807, 2.05) is 6.07 Å². The molecule has 1 fully saturated rings. The summed E-state index contributed by atoms with van der Waals surface area (Å²) in [4.78, 5) is 8.05. The smallest absolute Gasteiger partial charge is 0.222 e. The van der Waals surface area contributed by atoms with Gasteiger partial charge in [0.2, 0.25) is 5.95 Å². The number of nitrogen functional groups attached to an aromatic ring is 2. The van der Waals surface area contributed by atoms with E-state index in [1.165, 1.54) is 24.6 Å². The zero-order valence-corrected chi connectivity index (χ0v) is 19.3. The molecule has 168 valence electrons. The van der Waals surface area contributed by atoms with Crippen molar-refractivity contribution in [3.05, 3.63) is 53.7 Å². The van der Waals surface area contributed by atoms with Crippen LogP contribution in [0.5, 0.6) is 17.2 Å². The maximum Gasteiger partial charge on any atom is 0.222 e. The number of rotatable bonds is 8. The first-order chi connectivity index (χ1) is 15.3. The zero-order valence-electron chi connectivity index (χ0n) is 19.3. The number of anilines is 2. The Hall–Kier alpha value is -3.28. The topological polar surface area (TPSA) is 96.3 Å². The molecule has 3 aromatic rings. The lowest BCUT2D eigenvalue weighted by Gasteiger charge is -2.20. The van der Waals surface area contributed by atoms with Gasteiger partial charge < -0.3 is 20.9 Å². The molecule has 0 unspecified atom stereocenters. The average Bonchev–Trinajstić information content (AvgIpc) is 3.59. The van der Waals surface area contributed by atoms with E-state index in [-0.39, 0.29) is 17.7 Å². The largest absolute Gasteiger partial charge is 0.493 e. The van der Waals surface area contributed by atoms with Gasteiger partial charge in [-0.25, -0.2) is 4.98 Å². The highest BCUT2D eigenvalue weighted by atomic mass is 16.5. The number of benzene rings is 2. The third kappa shape index (κ3) is 4.96. The minimum Gasteiger partial charge on any atom is -0.493 e. The average molecular weight is 433 g/mol. The van der Waals surface area contributed by atoms with Crippen LogP contribution in [0, 0.1) is 5.92 Å². The summed E-state index contributed by atoms with van der Waals surface area (Å²) >= 11 is 0. The lowest BCUT2D eigenvalue weighted by atomic mass is 9.94. The van der Waals surface area contributed by atoms with Gasteiger partial charge in [-0.2, -0.15) is 4.98 Å². The standard InChI is InChI=1S/C26H32N4O2/c1-15(2)18-7-9-19(10-8-18)21-12-23(32-24-13-29-26(28)30-25(24)27)20(16(3)4)11-22(21)31-14-17-5-6-17/h7-13,15-17H,5-6,14H2,1-4H3,(H4,27,28,29,30). The van der Waals surface area contributed by atoms with Crippen molar-refractivity contribution in [1.29, 1.82) is 0 Å². The van der Waals surface area contributed by atoms with Crippen LogP contribution in [0.25, 0.3) is 11.1 Å². The normalized spacial score (nSPS) is 13.6. The van der Waals surface area contributed by atoms with Gasteiger partial charge in [-0.05, 0) is 53.9 Å². The lowest BCUT2D eigenvalue weighted by Crippen LogP contribution is -2.05. The van der Waals surface area contributed by atoms with E-state index in [0.29, 0.717) is 23.3 Å². The van der Waals surface area contributed by atoms with Gasteiger partial charge in [-0.3, -0.25) is 0 Å². The summed E-state index contributed by atoms with van der Waals surface area (Å²) in [6.45, 7) is 9.40. The van der Waals surface area contributed by atoms with Crippen LogP contribution in [0.3, 0.4) is 0 Å². The second-order valence-electron chi connectivity index (χ2n) is 9.15. The zero-order chi connectivity index (χ0) is 22.8. The molecule has 0 saturated heterocycles. The first kappa shape index (κ1) is 21.9. The van der Waals surface area contributed by atoms with Crippen LogP contribution in [0.15, 0.2) is 42.6 Å². The molecule has 6 nitrogen and oxygen atoms in total. The predicted octanol–water partition coefficient (Wildman–Crippen LogP) is 6.14. The van der Waals surface area contributed by atoms with Crippen LogP contribution in [0.2, 0.25) is 0 Å². The summed E-state index contributed by atoms with van der Waals surface area (Å²) in [5.74, 6) is 3.67. The van der Waals surface area contributed by atoms with Gasteiger partial charge in [0, 0.05) is 11.1 Å². The van der Waals surface area contributed by atoms with Crippen molar-refractivity contribution < 1.29 is 9.47 Å². The van der Waals surface area contributed by atoms with E-state index < -0.39 is 0 Å². The van der Waals surface area contributed by atoms with Crippen LogP contribution in [0.4, 0.5) is 11.8 Å². The quantitative estimate of drug-likeness (QED) is 0.444. The molecular weight excluding hydrogens is 400 g/mol. The number of nitrogens with zero attached hydrogens (tertiary/aromatic N) is 2. The molecule has 0 amide bonds. The van der Waals surface area contributed by atoms with Crippen molar-refractivity contribution in [2.75, 3.05) is 18.1 Å². The minimum absolute atomic E-state index is 0.119. The molecule has 6 heteroatoms. The molecular formula is C26H32N4O2. The number of nitrogens with two attached hydrogens (primary N) is 2. The highest BCUT2D eigenvalue weighted by Gasteiger charge is 2.24. The molecule has 4 rings (SSSR count). The van der Waals surface area contributed by atoms with Gasteiger partial charge in [-0.1, -0.05) is 52.0 Å². The summed E-state index contributed by atoms with van der Waals surface area (Å²) < 4.78 is 12.5. The van der Waals surface area contributed by atoms with E-state index in [1.54, 1.807) is 0 Å². The third-order valence-corrected chi connectivity index (χ3v) is 5.82.